The number of carboxylic acids is 1. The van der Waals surface area contributed by atoms with E-state index in [1.807, 2.05) is 0 Å². The zero-order valence-electron chi connectivity index (χ0n) is 23.5. The molecule has 2 aromatic carbocycles. The summed E-state index contributed by atoms with van der Waals surface area (Å²) >= 11 is 7.55. The second-order valence-corrected chi connectivity index (χ2v) is 11.6. The van der Waals surface area contributed by atoms with Crippen molar-refractivity contribution in [1.29, 1.82) is 0 Å². The number of hydrogen-bond acceptors (Lipinski definition) is 7. The number of carboxylic acid groups (broad SMARTS) is 1. The predicted octanol–water partition coefficient (Wildman–Crippen LogP) is 6.80. The summed E-state index contributed by atoms with van der Waals surface area (Å²) in [5.74, 6) is -0.385. The van der Waals surface area contributed by atoms with Gasteiger partial charge in [0.05, 0.1) is 38.8 Å². The Kier molecular flexibility index (Phi) is 8.21. The molecule has 3 aromatic heterocycles. The third kappa shape index (κ3) is 5.82. The smallest absolute Gasteiger partial charge is 0.416 e. The van der Waals surface area contributed by atoms with Crippen LogP contribution in [0.1, 0.15) is 32.9 Å². The lowest BCUT2D eigenvalue weighted by Crippen LogP contribution is -2.28. The summed E-state index contributed by atoms with van der Waals surface area (Å²) in [7, 11) is 3.33. The Morgan fingerprint density at radius 3 is 2.58 bits per heavy atom. The van der Waals surface area contributed by atoms with Gasteiger partial charge in [0.15, 0.2) is 0 Å². The molecule has 0 bridgehead atoms. The van der Waals surface area contributed by atoms with E-state index in [-0.39, 0.29) is 53.1 Å². The summed E-state index contributed by atoms with van der Waals surface area (Å²) in [5.41, 5.74) is 0.747. The predicted molar refractivity (Wildman–Crippen MR) is 160 cm³/mol. The Morgan fingerprint density at radius 1 is 1.16 bits per heavy atom. The molecule has 0 aliphatic carbocycles. The van der Waals surface area contributed by atoms with Crippen molar-refractivity contribution in [1.82, 2.24) is 19.4 Å². The summed E-state index contributed by atoms with van der Waals surface area (Å²) in [6.07, 6.45) is -3.08. The SMILES string of the molecule is Cc1c(CN(C)C)c(C(F)(F)F)cc2nc(C)n(CCOc3ccc(Cl)cc3-c3ccnc4c(C(=O)O)csc34)c(=O)c12. The van der Waals surface area contributed by atoms with Crippen molar-refractivity contribution in [3.63, 3.8) is 0 Å². The second-order valence-electron chi connectivity index (χ2n) is 10.3. The molecule has 3 heterocycles. The molecule has 0 aliphatic rings. The standard InChI is InChI=1S/C30H26ClF3N4O4S/c1-15-20(13-37(3)4)22(30(32,33)34)12-23-25(15)28(39)38(16(2)36-23)9-10-42-24-6-5-17(31)11-19(24)18-7-8-35-26-21(29(40)41)14-43-27(18)26/h5-8,11-12,14H,9-10,13H2,1-4H3,(H,40,41). The second kappa shape index (κ2) is 11.6. The van der Waals surface area contributed by atoms with Gasteiger partial charge in [-0.15, -0.1) is 11.3 Å². The molecule has 43 heavy (non-hydrogen) atoms. The number of carbonyl (C=O) groups is 1. The highest BCUT2D eigenvalue weighted by Crippen LogP contribution is 2.40. The van der Waals surface area contributed by atoms with Crippen molar-refractivity contribution in [3.05, 3.63) is 85.4 Å². The highest BCUT2D eigenvalue weighted by molar-refractivity contribution is 7.18. The molecular formula is C30H26ClF3N4O4S. The van der Waals surface area contributed by atoms with Crippen molar-refractivity contribution in [2.24, 2.45) is 0 Å². The molecule has 0 saturated carbocycles. The molecule has 13 heteroatoms. The first-order valence-corrected chi connectivity index (χ1v) is 14.3. The lowest BCUT2D eigenvalue weighted by Gasteiger charge is -2.21. The third-order valence-corrected chi connectivity index (χ3v) is 8.33. The maximum atomic E-state index is 13.9. The van der Waals surface area contributed by atoms with Gasteiger partial charge in [-0.05, 0) is 69.4 Å². The molecule has 0 atom stereocenters. The van der Waals surface area contributed by atoms with Gasteiger partial charge in [0.25, 0.3) is 5.56 Å². The molecule has 224 valence electrons. The normalized spacial score (nSPS) is 12.0. The first kappa shape index (κ1) is 30.5. The van der Waals surface area contributed by atoms with Gasteiger partial charge in [-0.2, -0.15) is 13.2 Å². The van der Waals surface area contributed by atoms with Crippen molar-refractivity contribution in [2.45, 2.75) is 33.1 Å². The number of fused-ring (bicyclic) bond motifs is 2. The van der Waals surface area contributed by atoms with Gasteiger partial charge in [0.1, 0.15) is 18.2 Å². The molecule has 0 unspecified atom stereocenters. The molecule has 0 fully saturated rings. The fraction of sp³-hybridized carbons (Fsp3) is 0.267. The van der Waals surface area contributed by atoms with E-state index in [9.17, 15) is 27.9 Å². The van der Waals surface area contributed by atoms with Crippen LogP contribution in [0.5, 0.6) is 5.75 Å². The van der Waals surface area contributed by atoms with E-state index in [4.69, 9.17) is 16.3 Å². The first-order valence-electron chi connectivity index (χ1n) is 13.1. The topological polar surface area (TPSA) is 97.6 Å². The van der Waals surface area contributed by atoms with Crippen LogP contribution in [-0.2, 0) is 19.3 Å². The minimum absolute atomic E-state index is 0.00681. The molecular weight excluding hydrogens is 605 g/mol. The maximum absolute atomic E-state index is 13.9. The van der Waals surface area contributed by atoms with Crippen LogP contribution in [0.25, 0.3) is 32.2 Å². The number of rotatable bonds is 8. The average molecular weight is 631 g/mol. The summed E-state index contributed by atoms with van der Waals surface area (Å²) in [5, 5.41) is 11.6. The molecule has 0 saturated heterocycles. The van der Waals surface area contributed by atoms with Crippen molar-refractivity contribution in [2.75, 3.05) is 20.7 Å². The van der Waals surface area contributed by atoms with Gasteiger partial charge >= 0.3 is 12.1 Å². The highest BCUT2D eigenvalue weighted by atomic mass is 35.5. The van der Waals surface area contributed by atoms with E-state index in [1.165, 1.54) is 34.4 Å². The van der Waals surface area contributed by atoms with Gasteiger partial charge < -0.3 is 14.7 Å². The number of aryl methyl sites for hydroxylation is 2. The fourth-order valence-corrected chi connectivity index (χ4v) is 6.33. The minimum atomic E-state index is -4.60. The lowest BCUT2D eigenvalue weighted by atomic mass is 9.96. The molecule has 5 rings (SSSR count). The van der Waals surface area contributed by atoms with Gasteiger partial charge in [0.2, 0.25) is 0 Å². The molecule has 1 N–H and O–H groups in total. The van der Waals surface area contributed by atoms with Crippen LogP contribution in [-0.4, -0.2) is 51.2 Å². The van der Waals surface area contributed by atoms with E-state index in [0.717, 1.165) is 6.07 Å². The number of hydrogen-bond donors (Lipinski definition) is 1. The summed E-state index contributed by atoms with van der Waals surface area (Å²) < 4.78 is 50.0. The Bertz CT molecular complexity index is 1950. The molecule has 8 nitrogen and oxygen atoms in total. The van der Waals surface area contributed by atoms with E-state index in [0.29, 0.717) is 32.1 Å². The highest BCUT2D eigenvalue weighted by Gasteiger charge is 2.35. The quantitative estimate of drug-likeness (QED) is 0.201. The third-order valence-electron chi connectivity index (χ3n) is 7.09. The minimum Gasteiger partial charge on any atom is -0.491 e. The average Bonchev–Trinajstić information content (AvgIpc) is 3.36. The maximum Gasteiger partial charge on any atom is 0.416 e. The van der Waals surface area contributed by atoms with Crippen LogP contribution in [0.2, 0.25) is 5.02 Å². The van der Waals surface area contributed by atoms with Gasteiger partial charge in [-0.3, -0.25) is 14.3 Å². The van der Waals surface area contributed by atoms with Crippen LogP contribution in [0, 0.1) is 13.8 Å². The molecule has 0 spiro atoms. The lowest BCUT2D eigenvalue weighted by molar-refractivity contribution is -0.138. The molecule has 5 aromatic rings. The number of aromatic carboxylic acids is 1. The number of benzene rings is 2. The molecule has 0 aliphatic heterocycles. The van der Waals surface area contributed by atoms with Gasteiger partial charge in [-0.25, -0.2) is 9.78 Å². The van der Waals surface area contributed by atoms with Crippen molar-refractivity contribution < 1.29 is 27.8 Å². The largest absolute Gasteiger partial charge is 0.491 e. The number of aromatic nitrogens is 3. The number of alkyl halides is 3. The zero-order valence-corrected chi connectivity index (χ0v) is 25.1. The number of halogens is 4. The van der Waals surface area contributed by atoms with Crippen LogP contribution in [0.15, 0.2) is 46.7 Å². The van der Waals surface area contributed by atoms with Crippen molar-refractivity contribution >= 4 is 50.0 Å². The first-order chi connectivity index (χ1) is 20.3. The van der Waals surface area contributed by atoms with Gasteiger partial charge in [0, 0.05) is 34.3 Å². The van der Waals surface area contributed by atoms with Crippen LogP contribution < -0.4 is 10.3 Å². The number of ether oxygens (including phenoxy) is 1. The Labute approximate surface area is 252 Å². The van der Waals surface area contributed by atoms with E-state index in [1.54, 1.807) is 50.2 Å². The van der Waals surface area contributed by atoms with Crippen molar-refractivity contribution in [3.8, 4) is 16.9 Å². The Balaban J connectivity index is 1.51. The van der Waals surface area contributed by atoms with E-state index < -0.39 is 23.3 Å². The number of nitrogens with zero attached hydrogens (tertiary/aromatic N) is 4. The zero-order chi connectivity index (χ0) is 31.2. The molecule has 0 amide bonds. The van der Waals surface area contributed by atoms with Crippen LogP contribution >= 0.6 is 22.9 Å². The summed E-state index contributed by atoms with van der Waals surface area (Å²) in [4.78, 5) is 35.5. The van der Waals surface area contributed by atoms with Crippen LogP contribution in [0.3, 0.4) is 0 Å². The number of thiophene rings is 1. The Hall–Kier alpha value is -4.00. The fourth-order valence-electron chi connectivity index (χ4n) is 5.13. The van der Waals surface area contributed by atoms with E-state index >= 15 is 0 Å². The monoisotopic (exact) mass is 630 g/mol. The summed E-state index contributed by atoms with van der Waals surface area (Å²) in [6, 6.07) is 7.73. The number of pyridine rings is 1. The van der Waals surface area contributed by atoms with E-state index in [2.05, 4.69) is 9.97 Å². The van der Waals surface area contributed by atoms with Gasteiger partial charge in [-0.1, -0.05) is 11.6 Å². The Morgan fingerprint density at radius 2 is 1.91 bits per heavy atom. The molecule has 0 radical (unpaired) electrons. The van der Waals surface area contributed by atoms with Crippen LogP contribution in [0.4, 0.5) is 13.2 Å². The summed E-state index contributed by atoms with van der Waals surface area (Å²) in [6.45, 7) is 3.20.